The highest BCUT2D eigenvalue weighted by molar-refractivity contribution is 5.75. The van der Waals surface area contributed by atoms with Crippen molar-refractivity contribution in [2.75, 3.05) is 6.54 Å². The third kappa shape index (κ3) is 3.70. The second kappa shape index (κ2) is 5.26. The lowest BCUT2D eigenvalue weighted by atomic mass is 10.4. The van der Waals surface area contributed by atoms with Crippen LogP contribution < -0.4 is 16.6 Å². The minimum Gasteiger partial charge on any atom is -0.392 e. The van der Waals surface area contributed by atoms with E-state index in [1.165, 1.54) is 13.1 Å². The Morgan fingerprint density at radius 3 is 2.88 bits per heavy atom. The van der Waals surface area contributed by atoms with E-state index < -0.39 is 23.3 Å². The van der Waals surface area contributed by atoms with Crippen molar-refractivity contribution in [2.24, 2.45) is 0 Å². The van der Waals surface area contributed by atoms with Gasteiger partial charge >= 0.3 is 5.69 Å². The molecule has 1 amide bonds. The molecule has 0 bridgehead atoms. The van der Waals surface area contributed by atoms with Gasteiger partial charge in [0.05, 0.1) is 6.10 Å². The van der Waals surface area contributed by atoms with Gasteiger partial charge in [0, 0.05) is 18.8 Å². The molecule has 0 radical (unpaired) electrons. The highest BCUT2D eigenvalue weighted by atomic mass is 16.3. The number of aliphatic hydroxyl groups is 1. The highest BCUT2D eigenvalue weighted by Gasteiger charge is 2.05. The first-order chi connectivity index (χ1) is 7.49. The molecule has 3 N–H and O–H groups in total. The van der Waals surface area contributed by atoms with E-state index in [1.54, 1.807) is 0 Å². The number of amides is 1. The minimum atomic E-state index is -0.642. The molecule has 1 unspecified atom stereocenters. The Morgan fingerprint density at radius 2 is 2.31 bits per heavy atom. The molecular weight excluding hydrogens is 214 g/mol. The summed E-state index contributed by atoms with van der Waals surface area (Å²) in [5.41, 5.74) is -1.15. The monoisotopic (exact) mass is 227 g/mol. The molecule has 1 rings (SSSR count). The number of aromatic nitrogens is 2. The van der Waals surface area contributed by atoms with Gasteiger partial charge < -0.3 is 10.4 Å². The Labute approximate surface area is 90.7 Å². The third-order valence-corrected chi connectivity index (χ3v) is 1.81. The fraction of sp³-hybridized carbons (Fsp3) is 0.444. The van der Waals surface area contributed by atoms with Crippen LogP contribution in [-0.4, -0.2) is 33.2 Å². The first kappa shape index (κ1) is 12.2. The van der Waals surface area contributed by atoms with E-state index in [0.717, 1.165) is 10.6 Å². The van der Waals surface area contributed by atoms with Crippen LogP contribution in [0.2, 0.25) is 0 Å². The van der Waals surface area contributed by atoms with Gasteiger partial charge in [0.1, 0.15) is 6.54 Å². The van der Waals surface area contributed by atoms with Crippen LogP contribution in [0.1, 0.15) is 6.92 Å². The van der Waals surface area contributed by atoms with Crippen LogP contribution in [0.3, 0.4) is 0 Å². The Kier molecular flexibility index (Phi) is 4.01. The van der Waals surface area contributed by atoms with Crippen LogP contribution in [-0.2, 0) is 11.3 Å². The lowest BCUT2D eigenvalue weighted by Gasteiger charge is -2.07. The number of rotatable bonds is 4. The average molecular weight is 227 g/mol. The second-order valence-electron chi connectivity index (χ2n) is 3.39. The second-order valence-corrected chi connectivity index (χ2v) is 3.39. The molecule has 0 aliphatic rings. The summed E-state index contributed by atoms with van der Waals surface area (Å²) in [4.78, 5) is 35.2. The molecule has 88 valence electrons. The van der Waals surface area contributed by atoms with Gasteiger partial charge in [-0.25, -0.2) is 4.79 Å². The zero-order valence-corrected chi connectivity index (χ0v) is 8.77. The van der Waals surface area contributed by atoms with Crippen molar-refractivity contribution in [3.8, 4) is 0 Å². The van der Waals surface area contributed by atoms with Crippen LogP contribution in [0.15, 0.2) is 21.9 Å². The lowest BCUT2D eigenvalue weighted by Crippen LogP contribution is -2.37. The predicted molar refractivity (Wildman–Crippen MR) is 56.0 cm³/mol. The summed E-state index contributed by atoms with van der Waals surface area (Å²) in [5.74, 6) is -0.407. The number of carbonyl (C=O) groups excluding carboxylic acids is 1. The number of aromatic amines is 1. The number of nitrogens with zero attached hydrogens (tertiary/aromatic N) is 1. The van der Waals surface area contributed by atoms with Crippen LogP contribution in [0.25, 0.3) is 0 Å². The largest absolute Gasteiger partial charge is 0.392 e. The Hall–Kier alpha value is -1.89. The maximum atomic E-state index is 11.3. The Morgan fingerprint density at radius 1 is 1.62 bits per heavy atom. The molecule has 0 fully saturated rings. The van der Waals surface area contributed by atoms with Gasteiger partial charge in [-0.15, -0.1) is 0 Å². The molecule has 1 atom stereocenters. The van der Waals surface area contributed by atoms with Crippen molar-refractivity contribution in [1.82, 2.24) is 14.9 Å². The van der Waals surface area contributed by atoms with Crippen molar-refractivity contribution < 1.29 is 9.90 Å². The number of aliphatic hydroxyl groups excluding tert-OH is 1. The summed E-state index contributed by atoms with van der Waals surface area (Å²) < 4.78 is 1.07. The molecule has 0 saturated carbocycles. The van der Waals surface area contributed by atoms with Gasteiger partial charge in [-0.2, -0.15) is 0 Å². The Bertz CT molecular complexity index is 474. The van der Waals surface area contributed by atoms with Gasteiger partial charge in [0.25, 0.3) is 5.56 Å². The summed E-state index contributed by atoms with van der Waals surface area (Å²) in [6.07, 6.45) is 0.597. The molecule has 1 aromatic heterocycles. The van der Waals surface area contributed by atoms with E-state index in [-0.39, 0.29) is 13.1 Å². The topological polar surface area (TPSA) is 104 Å². The molecule has 7 nitrogen and oxygen atoms in total. The number of H-pyrrole nitrogens is 1. The van der Waals surface area contributed by atoms with Crippen LogP contribution in [0.5, 0.6) is 0 Å². The molecule has 1 aromatic rings. The summed E-state index contributed by atoms with van der Waals surface area (Å²) in [6, 6.07) is 1.16. The van der Waals surface area contributed by atoms with Gasteiger partial charge in [0.2, 0.25) is 5.91 Å². The smallest absolute Gasteiger partial charge is 0.328 e. The molecule has 0 aromatic carbocycles. The van der Waals surface area contributed by atoms with E-state index in [9.17, 15) is 14.4 Å². The van der Waals surface area contributed by atoms with Gasteiger partial charge in [0.15, 0.2) is 0 Å². The molecule has 16 heavy (non-hydrogen) atoms. The predicted octanol–water partition coefficient (Wildman–Crippen LogP) is -1.97. The fourth-order valence-corrected chi connectivity index (χ4v) is 1.04. The summed E-state index contributed by atoms with van der Waals surface area (Å²) >= 11 is 0. The van der Waals surface area contributed by atoms with Crippen molar-refractivity contribution in [3.63, 3.8) is 0 Å². The maximum absolute atomic E-state index is 11.3. The molecule has 0 aliphatic heterocycles. The fourth-order valence-electron chi connectivity index (χ4n) is 1.04. The summed E-state index contributed by atoms with van der Waals surface area (Å²) in [7, 11) is 0. The number of hydrogen-bond acceptors (Lipinski definition) is 4. The Balaban J connectivity index is 2.63. The normalized spacial score (nSPS) is 12.1. The summed E-state index contributed by atoms with van der Waals surface area (Å²) in [5, 5.41) is 11.4. The number of hydrogen-bond donors (Lipinski definition) is 3. The van der Waals surface area contributed by atoms with Gasteiger partial charge in [-0.05, 0) is 6.92 Å². The number of carbonyl (C=O) groups is 1. The van der Waals surface area contributed by atoms with Crippen LogP contribution >= 0.6 is 0 Å². The molecule has 0 spiro atoms. The zero-order chi connectivity index (χ0) is 12.1. The van der Waals surface area contributed by atoms with Gasteiger partial charge in [-0.3, -0.25) is 19.1 Å². The van der Waals surface area contributed by atoms with Crippen molar-refractivity contribution in [3.05, 3.63) is 33.1 Å². The van der Waals surface area contributed by atoms with Crippen molar-refractivity contribution >= 4 is 5.91 Å². The van der Waals surface area contributed by atoms with E-state index >= 15 is 0 Å². The lowest BCUT2D eigenvalue weighted by molar-refractivity contribution is -0.122. The highest BCUT2D eigenvalue weighted by Crippen LogP contribution is 1.80. The molecule has 0 aliphatic carbocycles. The van der Waals surface area contributed by atoms with Crippen molar-refractivity contribution in [1.29, 1.82) is 0 Å². The standard InChI is InChI=1S/C9H13N3O4/c1-6(13)4-10-8(15)5-12-3-2-7(14)11-9(12)16/h2-3,6,13H,4-5H2,1H3,(H,10,15)(H,11,14,16). The SMILES string of the molecule is CC(O)CNC(=O)Cn1ccc(=O)[nH]c1=O. The summed E-state index contributed by atoms with van der Waals surface area (Å²) in [6.45, 7) is 1.46. The van der Waals surface area contributed by atoms with Crippen molar-refractivity contribution in [2.45, 2.75) is 19.6 Å². The van der Waals surface area contributed by atoms with Gasteiger partial charge in [-0.1, -0.05) is 0 Å². The average Bonchev–Trinajstić information content (AvgIpc) is 2.19. The quantitative estimate of drug-likeness (QED) is 0.555. The van der Waals surface area contributed by atoms with Crippen LogP contribution in [0.4, 0.5) is 0 Å². The first-order valence-electron chi connectivity index (χ1n) is 4.73. The van der Waals surface area contributed by atoms with Crippen LogP contribution in [0, 0.1) is 0 Å². The third-order valence-electron chi connectivity index (χ3n) is 1.81. The molecule has 0 saturated heterocycles. The van der Waals surface area contributed by atoms with E-state index in [1.807, 2.05) is 4.98 Å². The first-order valence-corrected chi connectivity index (χ1v) is 4.73. The minimum absolute atomic E-state index is 0.122. The van der Waals surface area contributed by atoms with E-state index in [0.29, 0.717) is 0 Å². The molecular formula is C9H13N3O4. The number of nitrogens with one attached hydrogen (secondary N) is 2. The maximum Gasteiger partial charge on any atom is 0.328 e. The molecule has 1 heterocycles. The van der Waals surface area contributed by atoms with E-state index in [2.05, 4.69) is 5.32 Å². The van der Waals surface area contributed by atoms with E-state index in [4.69, 9.17) is 5.11 Å². The zero-order valence-electron chi connectivity index (χ0n) is 8.77. The molecule has 7 heteroatoms.